The van der Waals surface area contributed by atoms with Gasteiger partial charge < -0.3 is 14.6 Å². The molecule has 0 unspecified atom stereocenters. The van der Waals surface area contributed by atoms with Gasteiger partial charge in [0.15, 0.2) is 5.13 Å². The van der Waals surface area contributed by atoms with Crippen LogP contribution in [0.2, 0.25) is 0 Å². The standard InChI is InChI=1S/C15H18BFN2O3S/c1-8(20)18-13-19-12-10(17)6-9(7-11(12)23-13)16-21-14(2,3)15(4,5)22-16/h6-7H,1-5H3,(H,18,19,20). The molecule has 122 valence electrons. The lowest BCUT2D eigenvalue weighted by Crippen LogP contribution is -2.41. The molecule has 5 nitrogen and oxygen atoms in total. The Morgan fingerprint density at radius 2 is 1.87 bits per heavy atom. The summed E-state index contributed by atoms with van der Waals surface area (Å²) in [7, 11) is -0.634. The first kappa shape index (κ1) is 16.4. The normalized spacial score (nSPS) is 19.3. The van der Waals surface area contributed by atoms with Crippen molar-refractivity contribution in [3.8, 4) is 0 Å². The van der Waals surface area contributed by atoms with E-state index < -0.39 is 24.1 Å². The Balaban J connectivity index is 1.98. The fourth-order valence-corrected chi connectivity index (χ4v) is 3.30. The van der Waals surface area contributed by atoms with Crippen LogP contribution in [0.5, 0.6) is 0 Å². The van der Waals surface area contributed by atoms with Gasteiger partial charge in [0, 0.05) is 6.92 Å². The third-order valence-corrected chi connectivity index (χ3v) is 5.20. The topological polar surface area (TPSA) is 60.5 Å². The van der Waals surface area contributed by atoms with E-state index in [4.69, 9.17) is 9.31 Å². The molecule has 0 saturated carbocycles. The van der Waals surface area contributed by atoms with E-state index in [1.54, 1.807) is 6.07 Å². The van der Waals surface area contributed by atoms with Crippen LogP contribution in [0.1, 0.15) is 34.6 Å². The maximum atomic E-state index is 14.4. The monoisotopic (exact) mass is 336 g/mol. The average molecular weight is 336 g/mol. The maximum absolute atomic E-state index is 14.4. The summed E-state index contributed by atoms with van der Waals surface area (Å²) in [6.45, 7) is 9.18. The van der Waals surface area contributed by atoms with Gasteiger partial charge in [-0.2, -0.15) is 0 Å². The minimum atomic E-state index is -0.634. The molecule has 2 aromatic rings. The molecule has 1 aromatic carbocycles. The molecule has 1 amide bonds. The van der Waals surface area contributed by atoms with Gasteiger partial charge in [0.2, 0.25) is 5.91 Å². The number of benzene rings is 1. The summed E-state index contributed by atoms with van der Waals surface area (Å²) in [6, 6.07) is 3.17. The average Bonchev–Trinajstić information content (AvgIpc) is 2.87. The van der Waals surface area contributed by atoms with Crippen LogP contribution in [0.25, 0.3) is 10.2 Å². The highest BCUT2D eigenvalue weighted by atomic mass is 32.1. The summed E-state index contributed by atoms with van der Waals surface area (Å²) in [5.74, 6) is -0.698. The summed E-state index contributed by atoms with van der Waals surface area (Å²) in [5, 5.41) is 2.95. The van der Waals surface area contributed by atoms with Crippen LogP contribution >= 0.6 is 11.3 Å². The SMILES string of the molecule is CC(=O)Nc1nc2c(F)cc(B3OC(C)(C)C(C)(C)O3)cc2s1. The van der Waals surface area contributed by atoms with Gasteiger partial charge in [0.1, 0.15) is 11.3 Å². The second kappa shape index (κ2) is 5.26. The summed E-state index contributed by atoms with van der Waals surface area (Å²) in [5.41, 5.74) is -0.137. The highest BCUT2D eigenvalue weighted by molar-refractivity contribution is 7.22. The predicted molar refractivity (Wildman–Crippen MR) is 89.6 cm³/mol. The second-order valence-corrected chi connectivity index (χ2v) is 7.67. The Morgan fingerprint density at radius 3 is 2.43 bits per heavy atom. The Kier molecular flexibility index (Phi) is 3.74. The van der Waals surface area contributed by atoms with Crippen LogP contribution in [0, 0.1) is 5.82 Å². The van der Waals surface area contributed by atoms with Crippen molar-refractivity contribution in [3.05, 3.63) is 17.9 Å². The number of amides is 1. The van der Waals surface area contributed by atoms with E-state index in [2.05, 4.69) is 10.3 Å². The first-order valence-electron chi connectivity index (χ1n) is 7.32. The molecular formula is C15H18BFN2O3S. The molecule has 1 N–H and O–H groups in total. The highest BCUT2D eigenvalue weighted by Gasteiger charge is 2.51. The molecule has 8 heteroatoms. The largest absolute Gasteiger partial charge is 0.494 e. The smallest absolute Gasteiger partial charge is 0.399 e. The fourth-order valence-electron chi connectivity index (χ4n) is 2.33. The van der Waals surface area contributed by atoms with Gasteiger partial charge in [0.05, 0.1) is 15.9 Å². The summed E-state index contributed by atoms with van der Waals surface area (Å²) >= 11 is 1.22. The Hall–Kier alpha value is -1.51. The molecule has 0 atom stereocenters. The molecule has 1 fully saturated rings. The molecule has 1 saturated heterocycles. The van der Waals surface area contributed by atoms with Gasteiger partial charge in [-0.1, -0.05) is 11.3 Å². The molecule has 23 heavy (non-hydrogen) atoms. The van der Waals surface area contributed by atoms with E-state index in [9.17, 15) is 9.18 Å². The number of thiazole rings is 1. The Bertz CT molecular complexity index is 774. The highest BCUT2D eigenvalue weighted by Crippen LogP contribution is 2.37. The van der Waals surface area contributed by atoms with Crippen molar-refractivity contribution in [1.29, 1.82) is 0 Å². The first-order chi connectivity index (χ1) is 10.6. The molecule has 1 aliphatic rings. The Morgan fingerprint density at radius 1 is 1.26 bits per heavy atom. The van der Waals surface area contributed by atoms with Gasteiger partial charge >= 0.3 is 7.12 Å². The summed E-state index contributed by atoms with van der Waals surface area (Å²) < 4.78 is 26.9. The van der Waals surface area contributed by atoms with Crippen LogP contribution < -0.4 is 10.8 Å². The zero-order chi connectivity index (χ0) is 17.0. The van der Waals surface area contributed by atoms with Crippen LogP contribution in [-0.2, 0) is 14.1 Å². The summed E-state index contributed by atoms with van der Waals surface area (Å²) in [4.78, 5) is 15.2. The van der Waals surface area contributed by atoms with Crippen molar-refractivity contribution in [2.24, 2.45) is 0 Å². The zero-order valence-electron chi connectivity index (χ0n) is 13.7. The lowest BCUT2D eigenvalue weighted by molar-refractivity contribution is -0.114. The molecule has 0 spiro atoms. The van der Waals surface area contributed by atoms with Crippen LogP contribution in [0.4, 0.5) is 9.52 Å². The van der Waals surface area contributed by atoms with Gasteiger partial charge in [0.25, 0.3) is 0 Å². The van der Waals surface area contributed by atoms with E-state index in [0.717, 1.165) is 0 Å². The quantitative estimate of drug-likeness (QED) is 0.857. The lowest BCUT2D eigenvalue weighted by atomic mass is 9.79. The number of nitrogens with one attached hydrogen (secondary N) is 1. The third-order valence-electron chi connectivity index (χ3n) is 4.28. The minimum Gasteiger partial charge on any atom is -0.399 e. The minimum absolute atomic E-state index is 0.235. The van der Waals surface area contributed by atoms with Crippen molar-refractivity contribution in [1.82, 2.24) is 4.98 Å². The number of hydrogen-bond donors (Lipinski definition) is 1. The molecule has 3 rings (SSSR count). The molecule has 1 aromatic heterocycles. The molecule has 0 aliphatic carbocycles. The first-order valence-corrected chi connectivity index (χ1v) is 8.14. The van der Waals surface area contributed by atoms with Crippen molar-refractivity contribution >= 4 is 45.2 Å². The number of carbonyl (C=O) groups is 1. The van der Waals surface area contributed by atoms with E-state index in [1.807, 2.05) is 27.7 Å². The number of anilines is 1. The van der Waals surface area contributed by atoms with Gasteiger partial charge in [-0.3, -0.25) is 4.79 Å². The predicted octanol–water partition coefficient (Wildman–Crippen LogP) is 2.69. The molecule has 2 heterocycles. The second-order valence-electron chi connectivity index (χ2n) is 6.64. The molecule has 0 bridgehead atoms. The van der Waals surface area contributed by atoms with Crippen LogP contribution in [0.3, 0.4) is 0 Å². The van der Waals surface area contributed by atoms with E-state index >= 15 is 0 Å². The fraction of sp³-hybridized carbons (Fsp3) is 0.467. The van der Waals surface area contributed by atoms with Crippen molar-refractivity contribution in [3.63, 3.8) is 0 Å². The lowest BCUT2D eigenvalue weighted by Gasteiger charge is -2.32. The number of carbonyl (C=O) groups excluding carboxylic acids is 1. The van der Waals surface area contributed by atoms with Crippen molar-refractivity contribution in [2.75, 3.05) is 5.32 Å². The number of fused-ring (bicyclic) bond motifs is 1. The van der Waals surface area contributed by atoms with E-state index in [1.165, 1.54) is 24.3 Å². The number of aromatic nitrogens is 1. The van der Waals surface area contributed by atoms with Gasteiger partial charge in [-0.25, -0.2) is 9.37 Å². The van der Waals surface area contributed by atoms with E-state index in [0.29, 0.717) is 15.3 Å². The number of nitrogens with zero attached hydrogens (tertiary/aromatic N) is 1. The number of halogens is 1. The van der Waals surface area contributed by atoms with Crippen LogP contribution in [-0.4, -0.2) is 29.2 Å². The van der Waals surface area contributed by atoms with Crippen molar-refractivity contribution in [2.45, 2.75) is 45.8 Å². The van der Waals surface area contributed by atoms with Gasteiger partial charge in [-0.05, 0) is 45.3 Å². The van der Waals surface area contributed by atoms with Gasteiger partial charge in [-0.15, -0.1) is 0 Å². The summed E-state index contributed by atoms with van der Waals surface area (Å²) in [6.07, 6.45) is 0. The zero-order valence-corrected chi connectivity index (χ0v) is 14.5. The molecule has 0 radical (unpaired) electrons. The van der Waals surface area contributed by atoms with Crippen molar-refractivity contribution < 1.29 is 18.5 Å². The Labute approximate surface area is 138 Å². The van der Waals surface area contributed by atoms with E-state index in [-0.39, 0.29) is 11.4 Å². The molecular weight excluding hydrogens is 318 g/mol. The molecule has 1 aliphatic heterocycles. The number of hydrogen-bond acceptors (Lipinski definition) is 5. The maximum Gasteiger partial charge on any atom is 0.494 e. The third kappa shape index (κ3) is 2.86. The van der Waals surface area contributed by atoms with Crippen LogP contribution in [0.15, 0.2) is 12.1 Å². The number of rotatable bonds is 2.